The fraction of sp³-hybridized carbons (Fsp3) is 0.0400. The zero-order valence-electron chi connectivity index (χ0n) is 43.4. The molecule has 0 saturated heterocycles. The Bertz CT molecular complexity index is 4540. The highest BCUT2D eigenvalue weighted by atomic mass is 16.3. The normalized spacial score (nSPS) is 12.6. The van der Waals surface area contributed by atoms with Gasteiger partial charge in [-0.25, -0.2) is 0 Å². The van der Waals surface area contributed by atoms with E-state index in [1.54, 1.807) is 0 Å². The summed E-state index contributed by atoms with van der Waals surface area (Å²) in [5.41, 5.74) is 20.3. The largest absolute Gasteiger partial charge is 0.455 e. The van der Waals surface area contributed by atoms with Crippen molar-refractivity contribution in [2.45, 2.75) is 19.3 Å². The van der Waals surface area contributed by atoms with Gasteiger partial charge in [0.1, 0.15) is 11.2 Å². The van der Waals surface area contributed by atoms with Gasteiger partial charge in [-0.2, -0.15) is 0 Å². The Labute approximate surface area is 454 Å². The van der Waals surface area contributed by atoms with E-state index in [2.05, 4.69) is 291 Å². The van der Waals surface area contributed by atoms with E-state index < -0.39 is 0 Å². The van der Waals surface area contributed by atoms with Gasteiger partial charge < -0.3 is 14.2 Å². The summed E-state index contributed by atoms with van der Waals surface area (Å²) in [7, 11) is 0. The molecule has 0 spiro atoms. The van der Waals surface area contributed by atoms with Crippen molar-refractivity contribution in [2.24, 2.45) is 0 Å². The number of hydrogen-bond acceptors (Lipinski definition) is 3. The summed E-state index contributed by atoms with van der Waals surface area (Å²) in [6, 6.07) is 102. The molecule has 3 heteroatoms. The van der Waals surface area contributed by atoms with Gasteiger partial charge >= 0.3 is 0 Å². The molecule has 13 aromatic carbocycles. The molecule has 0 bridgehead atoms. The molecule has 14 aromatic rings. The number of furan rings is 1. The van der Waals surface area contributed by atoms with Crippen LogP contribution < -0.4 is 9.80 Å². The smallest absolute Gasteiger partial charge is 0.143 e. The molecule has 1 heterocycles. The number of benzene rings is 13. The first kappa shape index (κ1) is 45.4. The zero-order valence-corrected chi connectivity index (χ0v) is 43.4. The predicted octanol–water partition coefficient (Wildman–Crippen LogP) is 21.3. The summed E-state index contributed by atoms with van der Waals surface area (Å²) in [6.07, 6.45) is 0. The van der Waals surface area contributed by atoms with Gasteiger partial charge in [0.25, 0.3) is 0 Å². The summed E-state index contributed by atoms with van der Waals surface area (Å²) in [5.74, 6) is 0. The quantitative estimate of drug-likeness (QED) is 0.134. The summed E-state index contributed by atoms with van der Waals surface area (Å²) in [6.45, 7) is 4.76. The number of hydrogen-bond donors (Lipinski definition) is 0. The fourth-order valence-corrected chi connectivity index (χ4v) is 12.6. The van der Waals surface area contributed by atoms with Gasteiger partial charge in [-0.05, 0) is 167 Å². The van der Waals surface area contributed by atoms with Gasteiger partial charge in [-0.15, -0.1) is 0 Å². The maximum absolute atomic E-state index is 6.42. The Morgan fingerprint density at radius 3 is 1.18 bits per heavy atom. The van der Waals surface area contributed by atoms with Crippen molar-refractivity contribution < 1.29 is 4.42 Å². The van der Waals surface area contributed by atoms with E-state index in [9.17, 15) is 0 Å². The molecule has 1 aliphatic rings. The Hall–Kier alpha value is -9.96. The molecule has 0 N–H and O–H groups in total. The van der Waals surface area contributed by atoms with Gasteiger partial charge in [0.15, 0.2) is 0 Å². The van der Waals surface area contributed by atoms with Gasteiger partial charge in [0, 0.05) is 55.9 Å². The molecule has 0 radical (unpaired) electrons. The van der Waals surface area contributed by atoms with Crippen LogP contribution in [0.5, 0.6) is 0 Å². The highest BCUT2D eigenvalue weighted by molar-refractivity contribution is 6.25. The van der Waals surface area contributed by atoms with E-state index in [-0.39, 0.29) is 5.41 Å². The molecule has 78 heavy (non-hydrogen) atoms. The van der Waals surface area contributed by atoms with Crippen molar-refractivity contribution in [3.05, 3.63) is 290 Å². The molecule has 0 unspecified atom stereocenters. The second-order valence-corrected chi connectivity index (χ2v) is 21.2. The molecular weight excluding hydrogens is 945 g/mol. The molecule has 0 saturated carbocycles. The van der Waals surface area contributed by atoms with E-state index in [4.69, 9.17) is 4.42 Å². The van der Waals surface area contributed by atoms with Gasteiger partial charge in [0.05, 0.1) is 0 Å². The topological polar surface area (TPSA) is 19.6 Å². The molecule has 1 aliphatic carbocycles. The lowest BCUT2D eigenvalue weighted by Crippen LogP contribution is -2.17. The average molecular weight is 997 g/mol. The van der Waals surface area contributed by atoms with Crippen molar-refractivity contribution in [1.82, 2.24) is 0 Å². The van der Waals surface area contributed by atoms with Crippen molar-refractivity contribution >= 4 is 88.4 Å². The molecular formula is C75H52N2O. The fourth-order valence-electron chi connectivity index (χ4n) is 12.6. The van der Waals surface area contributed by atoms with E-state index >= 15 is 0 Å². The molecule has 1 aromatic heterocycles. The lowest BCUT2D eigenvalue weighted by molar-refractivity contribution is 0.660. The maximum Gasteiger partial charge on any atom is 0.143 e. The predicted molar refractivity (Wildman–Crippen MR) is 329 cm³/mol. The highest BCUT2D eigenvalue weighted by Crippen LogP contribution is 2.53. The SMILES string of the molecule is CC1(C)c2cc(N(c3ccccc3)c3ccccc3)ccc2-c2ccc(N(c3ccc(-c4ccc(-c5cccc6c5oc5ccccc56)cc4)cc3)c3ccc(-c4ccc5c6ccccc6c6ccccc6c5c4)cc3)cc21. The van der Waals surface area contributed by atoms with Crippen LogP contribution in [0.15, 0.2) is 283 Å². The average Bonchev–Trinajstić information content (AvgIpc) is 4.18. The van der Waals surface area contributed by atoms with Crippen molar-refractivity contribution in [1.29, 1.82) is 0 Å². The van der Waals surface area contributed by atoms with Crippen LogP contribution in [0.25, 0.3) is 98.8 Å². The van der Waals surface area contributed by atoms with Crippen molar-refractivity contribution in [2.75, 3.05) is 9.80 Å². The number of anilines is 6. The van der Waals surface area contributed by atoms with Crippen LogP contribution in [0, 0.1) is 0 Å². The van der Waals surface area contributed by atoms with E-state index in [0.717, 1.165) is 78.3 Å². The third kappa shape index (κ3) is 7.42. The van der Waals surface area contributed by atoms with Crippen LogP contribution in [0.3, 0.4) is 0 Å². The first-order valence-corrected chi connectivity index (χ1v) is 27.0. The van der Waals surface area contributed by atoms with Crippen LogP contribution in [-0.2, 0) is 5.41 Å². The number of para-hydroxylation sites is 4. The first-order chi connectivity index (χ1) is 38.4. The van der Waals surface area contributed by atoms with Crippen LogP contribution >= 0.6 is 0 Å². The summed E-state index contributed by atoms with van der Waals surface area (Å²) in [5, 5.41) is 9.96. The number of fused-ring (bicyclic) bond motifs is 12. The third-order valence-electron chi connectivity index (χ3n) is 16.5. The zero-order chi connectivity index (χ0) is 51.9. The van der Waals surface area contributed by atoms with Gasteiger partial charge in [0.2, 0.25) is 0 Å². The standard InChI is InChI=1S/C75H52N2O/c1-75(2)71-47-58(76(54-16-5-3-6-17-54)55-18-7-4-8-19-55)41-44-66(71)67-45-42-59(48-72(67)75)77(57-39-34-51(35-40-57)53-36-43-65-63-22-10-9-20-61(63)62-21-11-12-23-64(62)70(65)46-53)56-37-32-50(33-38-56)49-28-30-52(31-29-49)60-25-15-26-69-68-24-13-14-27-73(68)78-74(60)69/h3-48H,1-2H3. The van der Waals surface area contributed by atoms with E-state index in [0.29, 0.717) is 0 Å². The number of rotatable bonds is 9. The summed E-state index contributed by atoms with van der Waals surface area (Å²) in [4.78, 5) is 4.78. The third-order valence-corrected chi connectivity index (χ3v) is 16.5. The van der Waals surface area contributed by atoms with Crippen molar-refractivity contribution in [3.63, 3.8) is 0 Å². The molecule has 0 fully saturated rings. The summed E-state index contributed by atoms with van der Waals surface area (Å²) >= 11 is 0. The number of nitrogens with zero attached hydrogens (tertiary/aromatic N) is 2. The Balaban J connectivity index is 0.807. The Morgan fingerprint density at radius 1 is 0.256 bits per heavy atom. The van der Waals surface area contributed by atoms with Gasteiger partial charge in [-0.3, -0.25) is 0 Å². The monoisotopic (exact) mass is 996 g/mol. The van der Waals surface area contributed by atoms with E-state index in [1.807, 2.05) is 12.1 Å². The van der Waals surface area contributed by atoms with E-state index in [1.165, 1.54) is 65.7 Å². The molecule has 3 nitrogen and oxygen atoms in total. The minimum atomic E-state index is -0.275. The lowest BCUT2D eigenvalue weighted by atomic mass is 9.82. The molecule has 0 atom stereocenters. The van der Waals surface area contributed by atoms with Crippen LogP contribution in [0.1, 0.15) is 25.0 Å². The molecule has 0 aliphatic heterocycles. The minimum Gasteiger partial charge on any atom is -0.455 e. The molecule has 15 rings (SSSR count). The van der Waals surface area contributed by atoms with Crippen molar-refractivity contribution in [3.8, 4) is 44.5 Å². The Kier molecular flexibility index (Phi) is 10.6. The van der Waals surface area contributed by atoms with Crippen LogP contribution in [-0.4, -0.2) is 0 Å². The maximum atomic E-state index is 6.42. The van der Waals surface area contributed by atoms with Crippen LogP contribution in [0.2, 0.25) is 0 Å². The molecule has 368 valence electrons. The second-order valence-electron chi connectivity index (χ2n) is 21.2. The highest BCUT2D eigenvalue weighted by Gasteiger charge is 2.37. The first-order valence-electron chi connectivity index (χ1n) is 27.0. The summed E-state index contributed by atoms with van der Waals surface area (Å²) < 4.78 is 6.42. The Morgan fingerprint density at radius 2 is 0.641 bits per heavy atom. The second kappa shape index (κ2) is 18.1. The van der Waals surface area contributed by atoms with Gasteiger partial charge in [-0.1, -0.05) is 208 Å². The lowest BCUT2D eigenvalue weighted by Gasteiger charge is -2.29. The minimum absolute atomic E-state index is 0.275. The van der Waals surface area contributed by atoms with Crippen LogP contribution in [0.4, 0.5) is 34.1 Å². The molecule has 0 amide bonds.